The van der Waals surface area contributed by atoms with Crippen LogP contribution in [0.4, 0.5) is 13.2 Å². The summed E-state index contributed by atoms with van der Waals surface area (Å²) >= 11 is 0.0848. The Balaban J connectivity index is 3.09. The molecule has 0 fully saturated rings. The molecule has 0 N–H and O–H groups in total. The van der Waals surface area contributed by atoms with Crippen molar-refractivity contribution in [3.8, 4) is 0 Å². The number of allylic oxidation sites excluding steroid dienone is 1. The third-order valence-electron chi connectivity index (χ3n) is 1.15. The summed E-state index contributed by atoms with van der Waals surface area (Å²) in [7, 11) is 0. The Bertz CT molecular complexity index is 365. The first kappa shape index (κ1) is 9.97. The van der Waals surface area contributed by atoms with Gasteiger partial charge in [-0.1, -0.05) is 6.08 Å². The number of alkyl halides is 3. The second-order valence-electron chi connectivity index (χ2n) is 2.14. The van der Waals surface area contributed by atoms with Gasteiger partial charge in [0, 0.05) is 0 Å². The minimum Gasteiger partial charge on any atom is -0.255 e. The zero-order chi connectivity index (χ0) is 10.1. The molecule has 1 aromatic heterocycles. The van der Waals surface area contributed by atoms with Gasteiger partial charge in [-0.05, 0) is 11.3 Å². The van der Waals surface area contributed by atoms with E-state index in [9.17, 15) is 18.0 Å². The maximum atomic E-state index is 12.0. The molecule has 0 amide bonds. The number of hydrogen-bond acceptors (Lipinski definition) is 3. The molecule has 0 aliphatic rings. The van der Waals surface area contributed by atoms with Gasteiger partial charge >= 0.3 is 11.0 Å². The zero-order valence-corrected chi connectivity index (χ0v) is 7.15. The Morgan fingerprint density at radius 3 is 2.62 bits per heavy atom. The molecule has 0 aliphatic heterocycles. The van der Waals surface area contributed by atoms with Crippen molar-refractivity contribution in [3.05, 3.63) is 27.3 Å². The molecule has 0 bridgehead atoms. The minimum absolute atomic E-state index is 0.00852. The van der Waals surface area contributed by atoms with E-state index in [2.05, 4.69) is 11.7 Å². The van der Waals surface area contributed by atoms with Crippen molar-refractivity contribution in [2.45, 2.75) is 12.7 Å². The van der Waals surface area contributed by atoms with Crippen LogP contribution in [-0.2, 0) is 12.7 Å². The Morgan fingerprint density at radius 2 is 2.23 bits per heavy atom. The van der Waals surface area contributed by atoms with Gasteiger partial charge in [0.25, 0.3) is 0 Å². The summed E-state index contributed by atoms with van der Waals surface area (Å²) in [6, 6.07) is 0. The van der Waals surface area contributed by atoms with Crippen molar-refractivity contribution in [2.24, 2.45) is 0 Å². The molecule has 0 spiro atoms. The topological polar surface area (TPSA) is 34.9 Å². The molecule has 7 heteroatoms. The molecule has 0 unspecified atom stereocenters. The van der Waals surface area contributed by atoms with E-state index in [4.69, 9.17) is 0 Å². The molecule has 1 aromatic rings. The number of aromatic nitrogens is 2. The third kappa shape index (κ3) is 2.18. The van der Waals surface area contributed by atoms with Gasteiger partial charge in [0.15, 0.2) is 0 Å². The summed E-state index contributed by atoms with van der Waals surface area (Å²) in [5.41, 5.74) is 0. The molecule has 3 nitrogen and oxygen atoms in total. The van der Waals surface area contributed by atoms with Crippen LogP contribution in [0.1, 0.15) is 5.01 Å². The molecule has 0 aliphatic carbocycles. The molecule has 72 valence electrons. The summed E-state index contributed by atoms with van der Waals surface area (Å²) in [6.07, 6.45) is -3.24. The van der Waals surface area contributed by atoms with Gasteiger partial charge < -0.3 is 0 Å². The first-order valence-electron chi connectivity index (χ1n) is 3.21. The van der Waals surface area contributed by atoms with Gasteiger partial charge in [-0.15, -0.1) is 6.58 Å². The molecule has 0 saturated heterocycles. The van der Waals surface area contributed by atoms with Gasteiger partial charge in [0.1, 0.15) is 0 Å². The fourth-order valence-electron chi connectivity index (χ4n) is 0.658. The second-order valence-corrected chi connectivity index (χ2v) is 3.08. The second kappa shape index (κ2) is 3.33. The smallest absolute Gasteiger partial charge is 0.255 e. The van der Waals surface area contributed by atoms with Crippen LogP contribution in [0.15, 0.2) is 17.4 Å². The maximum absolute atomic E-state index is 12.0. The van der Waals surface area contributed by atoms with Crippen LogP contribution in [-0.4, -0.2) is 9.78 Å². The van der Waals surface area contributed by atoms with E-state index in [0.717, 1.165) is 4.68 Å². The minimum atomic E-state index is -4.55. The highest BCUT2D eigenvalue weighted by Crippen LogP contribution is 2.28. The quantitative estimate of drug-likeness (QED) is 0.693. The first-order chi connectivity index (χ1) is 5.95. The highest BCUT2D eigenvalue weighted by Gasteiger charge is 2.35. The van der Waals surface area contributed by atoms with Gasteiger partial charge in [-0.25, -0.2) is 4.68 Å². The standard InChI is InChI=1S/C6H5F3N2OS/c1-2-3-11-5(12)13-4(10-11)6(7,8)9/h2H,1,3H2. The summed E-state index contributed by atoms with van der Waals surface area (Å²) in [4.78, 5) is 10.1. The molecule has 0 saturated carbocycles. The van der Waals surface area contributed by atoms with Crippen molar-refractivity contribution >= 4 is 11.3 Å². The van der Waals surface area contributed by atoms with Crippen molar-refractivity contribution in [2.75, 3.05) is 0 Å². The lowest BCUT2D eigenvalue weighted by Crippen LogP contribution is -2.13. The van der Waals surface area contributed by atoms with Crippen molar-refractivity contribution in [1.29, 1.82) is 0 Å². The molecule has 1 heterocycles. The average molecular weight is 210 g/mol. The number of halogens is 3. The Labute approximate surface area is 75.1 Å². The van der Waals surface area contributed by atoms with Crippen molar-refractivity contribution < 1.29 is 13.2 Å². The van der Waals surface area contributed by atoms with E-state index in [1.165, 1.54) is 6.08 Å². The Kier molecular flexibility index (Phi) is 2.55. The lowest BCUT2D eigenvalue weighted by Gasteiger charge is -1.98. The predicted octanol–water partition coefficient (Wildman–Crippen LogP) is 1.51. The molecule has 0 aromatic carbocycles. The van der Waals surface area contributed by atoms with Gasteiger partial charge in [-0.2, -0.15) is 18.3 Å². The predicted molar refractivity (Wildman–Crippen MR) is 41.6 cm³/mol. The third-order valence-corrected chi connectivity index (χ3v) is 2.04. The Morgan fingerprint density at radius 1 is 1.62 bits per heavy atom. The van der Waals surface area contributed by atoms with Crippen LogP contribution < -0.4 is 4.87 Å². The number of hydrogen-bond donors (Lipinski definition) is 0. The highest BCUT2D eigenvalue weighted by atomic mass is 32.1. The normalized spacial score (nSPS) is 11.6. The fraction of sp³-hybridized carbons (Fsp3) is 0.333. The lowest BCUT2D eigenvalue weighted by atomic mass is 10.6. The molecular weight excluding hydrogens is 205 g/mol. The van der Waals surface area contributed by atoms with Gasteiger partial charge in [0.2, 0.25) is 5.01 Å². The summed E-state index contributed by atoms with van der Waals surface area (Å²) in [5, 5.41) is 1.97. The molecule has 0 atom stereocenters. The number of nitrogens with zero attached hydrogens (tertiary/aromatic N) is 2. The van der Waals surface area contributed by atoms with E-state index < -0.39 is 16.1 Å². The lowest BCUT2D eigenvalue weighted by molar-refractivity contribution is -0.138. The molecular formula is C6H5F3N2OS. The summed E-state index contributed by atoms with van der Waals surface area (Å²) in [6.45, 7) is 3.28. The van der Waals surface area contributed by atoms with E-state index in [0.29, 0.717) is 0 Å². The van der Waals surface area contributed by atoms with Crippen LogP contribution in [0.5, 0.6) is 0 Å². The number of rotatable bonds is 2. The SMILES string of the molecule is C=CCn1nc(C(F)(F)F)sc1=O. The highest BCUT2D eigenvalue weighted by molar-refractivity contribution is 7.09. The molecule has 1 rings (SSSR count). The van der Waals surface area contributed by atoms with Crippen LogP contribution in [0.25, 0.3) is 0 Å². The summed E-state index contributed by atoms with van der Waals surface area (Å²) < 4.78 is 36.7. The van der Waals surface area contributed by atoms with Crippen molar-refractivity contribution in [1.82, 2.24) is 9.78 Å². The largest absolute Gasteiger partial charge is 0.445 e. The van der Waals surface area contributed by atoms with Crippen molar-refractivity contribution in [3.63, 3.8) is 0 Å². The fourth-order valence-corrected chi connectivity index (χ4v) is 1.30. The van der Waals surface area contributed by atoms with Gasteiger partial charge in [0.05, 0.1) is 6.54 Å². The Hall–Kier alpha value is -1.11. The van der Waals surface area contributed by atoms with Crippen LogP contribution in [0.3, 0.4) is 0 Å². The van der Waals surface area contributed by atoms with E-state index in [1.54, 1.807) is 0 Å². The summed E-state index contributed by atoms with van der Waals surface area (Å²) in [5.74, 6) is 0. The van der Waals surface area contributed by atoms with Crippen LogP contribution in [0.2, 0.25) is 0 Å². The molecule has 0 radical (unpaired) electrons. The average Bonchev–Trinajstić information content (AvgIpc) is 2.32. The van der Waals surface area contributed by atoms with Gasteiger partial charge in [-0.3, -0.25) is 4.79 Å². The van der Waals surface area contributed by atoms with E-state index >= 15 is 0 Å². The van der Waals surface area contributed by atoms with E-state index in [1.807, 2.05) is 0 Å². The van der Waals surface area contributed by atoms with E-state index in [-0.39, 0.29) is 17.9 Å². The first-order valence-corrected chi connectivity index (χ1v) is 4.03. The van der Waals surface area contributed by atoms with Crippen LogP contribution in [0, 0.1) is 0 Å². The van der Waals surface area contributed by atoms with Crippen LogP contribution >= 0.6 is 11.3 Å². The molecule has 13 heavy (non-hydrogen) atoms. The maximum Gasteiger partial charge on any atom is 0.445 e. The zero-order valence-electron chi connectivity index (χ0n) is 6.34. The monoisotopic (exact) mass is 210 g/mol.